The number of carbonyl (C=O) groups is 1. The zero-order valence-corrected chi connectivity index (χ0v) is 7.06. The molecular formula is C8H9NO4. The van der Waals surface area contributed by atoms with E-state index >= 15 is 0 Å². The van der Waals surface area contributed by atoms with E-state index in [1.165, 1.54) is 12.3 Å². The SMILES string of the molecule is CCON=C(C(=O)O)c1ccco1. The zero-order valence-electron chi connectivity index (χ0n) is 7.06. The monoisotopic (exact) mass is 183 g/mol. The number of carboxylic acid groups (broad SMARTS) is 1. The van der Waals surface area contributed by atoms with Gasteiger partial charge >= 0.3 is 5.97 Å². The minimum Gasteiger partial charge on any atom is -0.476 e. The Labute approximate surface area is 74.6 Å². The summed E-state index contributed by atoms with van der Waals surface area (Å²) in [4.78, 5) is 15.3. The molecule has 0 aliphatic heterocycles. The molecule has 0 spiro atoms. The van der Waals surface area contributed by atoms with Gasteiger partial charge in [0.25, 0.3) is 0 Å². The summed E-state index contributed by atoms with van der Waals surface area (Å²) in [5.74, 6) is -0.996. The summed E-state index contributed by atoms with van der Waals surface area (Å²) < 4.78 is 4.86. The highest BCUT2D eigenvalue weighted by Crippen LogP contribution is 2.03. The molecule has 5 nitrogen and oxygen atoms in total. The molecule has 0 amide bonds. The van der Waals surface area contributed by atoms with Crippen molar-refractivity contribution in [3.8, 4) is 0 Å². The van der Waals surface area contributed by atoms with Crippen LogP contribution in [0.1, 0.15) is 12.7 Å². The zero-order chi connectivity index (χ0) is 9.68. The summed E-state index contributed by atoms with van der Waals surface area (Å²) in [5, 5.41) is 12.1. The molecule has 70 valence electrons. The van der Waals surface area contributed by atoms with Crippen molar-refractivity contribution in [2.45, 2.75) is 6.92 Å². The molecule has 0 unspecified atom stereocenters. The minimum absolute atomic E-state index is 0.181. The van der Waals surface area contributed by atoms with Crippen molar-refractivity contribution in [2.75, 3.05) is 6.61 Å². The Morgan fingerprint density at radius 2 is 2.54 bits per heavy atom. The number of rotatable bonds is 4. The van der Waals surface area contributed by atoms with E-state index in [9.17, 15) is 4.79 Å². The summed E-state index contributed by atoms with van der Waals surface area (Å²) in [5.41, 5.74) is -0.230. The van der Waals surface area contributed by atoms with E-state index in [0.717, 1.165) is 0 Å². The fourth-order valence-corrected chi connectivity index (χ4v) is 0.732. The third-order valence-corrected chi connectivity index (χ3v) is 1.24. The molecule has 5 heteroatoms. The van der Waals surface area contributed by atoms with Gasteiger partial charge in [0, 0.05) is 0 Å². The quantitative estimate of drug-likeness (QED) is 0.560. The first kappa shape index (κ1) is 9.31. The standard InChI is InChI=1S/C8H9NO4/c1-2-13-9-7(8(10)11)6-4-3-5-12-6/h3-5H,2H2,1H3,(H,10,11). The Balaban J connectivity index is 2.87. The second-order valence-corrected chi connectivity index (χ2v) is 2.14. The lowest BCUT2D eigenvalue weighted by Gasteiger charge is -1.96. The topological polar surface area (TPSA) is 72.0 Å². The first-order valence-electron chi connectivity index (χ1n) is 3.72. The number of hydrogen-bond acceptors (Lipinski definition) is 4. The van der Waals surface area contributed by atoms with Crippen LogP contribution in [0, 0.1) is 0 Å². The Morgan fingerprint density at radius 1 is 1.77 bits per heavy atom. The molecule has 1 rings (SSSR count). The number of carboxylic acids is 1. The van der Waals surface area contributed by atoms with Crippen LogP contribution in [0.2, 0.25) is 0 Å². The first-order chi connectivity index (χ1) is 6.25. The highest BCUT2D eigenvalue weighted by molar-refractivity contribution is 6.41. The van der Waals surface area contributed by atoms with Crippen LogP contribution < -0.4 is 0 Å². The predicted octanol–water partition coefficient (Wildman–Crippen LogP) is 1.10. The highest BCUT2D eigenvalue weighted by atomic mass is 16.6. The number of furan rings is 1. The van der Waals surface area contributed by atoms with Crippen molar-refractivity contribution >= 4 is 11.7 Å². The number of hydrogen-bond donors (Lipinski definition) is 1. The molecule has 0 aliphatic carbocycles. The van der Waals surface area contributed by atoms with Crippen molar-refractivity contribution in [1.29, 1.82) is 0 Å². The van der Waals surface area contributed by atoms with Crippen molar-refractivity contribution in [3.05, 3.63) is 24.2 Å². The van der Waals surface area contributed by atoms with Gasteiger partial charge in [0.05, 0.1) is 6.26 Å². The molecule has 0 aromatic carbocycles. The fraction of sp³-hybridized carbons (Fsp3) is 0.250. The summed E-state index contributed by atoms with van der Waals surface area (Å²) in [6.07, 6.45) is 1.37. The fourth-order valence-electron chi connectivity index (χ4n) is 0.732. The number of nitrogens with zero attached hydrogens (tertiary/aromatic N) is 1. The average molecular weight is 183 g/mol. The molecule has 0 atom stereocenters. The second kappa shape index (κ2) is 4.30. The van der Waals surface area contributed by atoms with E-state index in [4.69, 9.17) is 9.52 Å². The Morgan fingerprint density at radius 3 is 3.00 bits per heavy atom. The molecule has 1 N–H and O–H groups in total. The normalized spacial score (nSPS) is 11.3. The molecule has 0 saturated carbocycles. The van der Waals surface area contributed by atoms with Gasteiger partial charge in [-0.15, -0.1) is 0 Å². The van der Waals surface area contributed by atoms with Gasteiger partial charge in [0.2, 0.25) is 5.71 Å². The molecule has 0 fully saturated rings. The van der Waals surface area contributed by atoms with Crippen LogP contribution in [0.5, 0.6) is 0 Å². The molecular weight excluding hydrogens is 174 g/mol. The summed E-state index contributed by atoms with van der Waals surface area (Å²) in [6.45, 7) is 2.03. The van der Waals surface area contributed by atoms with Crippen molar-refractivity contribution in [2.24, 2.45) is 5.16 Å². The van der Waals surface area contributed by atoms with E-state index in [0.29, 0.717) is 6.61 Å². The maximum absolute atomic E-state index is 10.6. The highest BCUT2D eigenvalue weighted by Gasteiger charge is 2.15. The predicted molar refractivity (Wildman–Crippen MR) is 44.5 cm³/mol. The van der Waals surface area contributed by atoms with Gasteiger partial charge in [-0.25, -0.2) is 4.79 Å². The lowest BCUT2D eigenvalue weighted by molar-refractivity contribution is -0.129. The maximum atomic E-state index is 10.6. The van der Waals surface area contributed by atoms with Crippen LogP contribution >= 0.6 is 0 Å². The number of oxime groups is 1. The van der Waals surface area contributed by atoms with Crippen LogP contribution in [-0.4, -0.2) is 23.4 Å². The average Bonchev–Trinajstić information content (AvgIpc) is 2.57. The molecule has 1 aromatic heterocycles. The third-order valence-electron chi connectivity index (χ3n) is 1.24. The lowest BCUT2D eigenvalue weighted by atomic mass is 10.3. The summed E-state index contributed by atoms with van der Waals surface area (Å²) in [6, 6.07) is 3.09. The van der Waals surface area contributed by atoms with Crippen LogP contribution in [0.25, 0.3) is 0 Å². The van der Waals surface area contributed by atoms with Gasteiger partial charge in [-0.05, 0) is 19.1 Å². The Kier molecular flexibility index (Phi) is 3.08. The Bertz CT molecular complexity index is 302. The van der Waals surface area contributed by atoms with Gasteiger partial charge in [-0.2, -0.15) is 0 Å². The second-order valence-electron chi connectivity index (χ2n) is 2.14. The van der Waals surface area contributed by atoms with Gasteiger partial charge < -0.3 is 14.4 Å². The largest absolute Gasteiger partial charge is 0.476 e. The van der Waals surface area contributed by atoms with Gasteiger partial charge in [0.1, 0.15) is 6.61 Å². The van der Waals surface area contributed by atoms with Crippen molar-refractivity contribution in [1.82, 2.24) is 0 Å². The van der Waals surface area contributed by atoms with Crippen molar-refractivity contribution < 1.29 is 19.2 Å². The van der Waals surface area contributed by atoms with Gasteiger partial charge in [0.15, 0.2) is 5.76 Å². The molecule has 0 bridgehead atoms. The van der Waals surface area contributed by atoms with Gasteiger partial charge in [-0.1, -0.05) is 5.16 Å². The van der Waals surface area contributed by atoms with Crippen molar-refractivity contribution in [3.63, 3.8) is 0 Å². The van der Waals surface area contributed by atoms with Crippen LogP contribution in [0.15, 0.2) is 28.0 Å². The molecule has 0 aliphatic rings. The Hall–Kier alpha value is -1.78. The molecule has 13 heavy (non-hydrogen) atoms. The minimum atomic E-state index is -1.18. The lowest BCUT2D eigenvalue weighted by Crippen LogP contribution is -2.14. The summed E-state index contributed by atoms with van der Waals surface area (Å²) in [7, 11) is 0. The van der Waals surface area contributed by atoms with Crippen LogP contribution in [0.3, 0.4) is 0 Å². The molecule has 1 aromatic rings. The first-order valence-corrected chi connectivity index (χ1v) is 3.72. The van der Waals surface area contributed by atoms with E-state index in [1.54, 1.807) is 13.0 Å². The molecule has 0 radical (unpaired) electrons. The van der Waals surface area contributed by atoms with Crippen LogP contribution in [-0.2, 0) is 9.63 Å². The number of aliphatic carboxylic acids is 1. The maximum Gasteiger partial charge on any atom is 0.361 e. The smallest absolute Gasteiger partial charge is 0.361 e. The molecule has 0 saturated heterocycles. The van der Waals surface area contributed by atoms with E-state index < -0.39 is 5.97 Å². The van der Waals surface area contributed by atoms with Gasteiger partial charge in [-0.3, -0.25) is 0 Å². The van der Waals surface area contributed by atoms with Crippen LogP contribution in [0.4, 0.5) is 0 Å². The molecule has 1 heterocycles. The summed E-state index contributed by atoms with van der Waals surface area (Å²) >= 11 is 0. The van der Waals surface area contributed by atoms with E-state index in [-0.39, 0.29) is 11.5 Å². The third kappa shape index (κ3) is 2.33. The van der Waals surface area contributed by atoms with E-state index in [1.807, 2.05) is 0 Å². The van der Waals surface area contributed by atoms with E-state index in [2.05, 4.69) is 9.99 Å².